The van der Waals surface area contributed by atoms with Gasteiger partial charge in [0.05, 0.1) is 35.5 Å². The van der Waals surface area contributed by atoms with Gasteiger partial charge in [0.25, 0.3) is 0 Å². The molecule has 3 aromatic rings. The van der Waals surface area contributed by atoms with Gasteiger partial charge in [0.15, 0.2) is 0 Å². The molecule has 3 saturated carbocycles. The number of hydrogen-bond donors (Lipinski definition) is 1. The van der Waals surface area contributed by atoms with Crippen molar-refractivity contribution >= 4 is 24.7 Å². The Morgan fingerprint density at radius 1 is 1.13 bits per heavy atom. The summed E-state index contributed by atoms with van der Waals surface area (Å²) in [5.74, 6) is 0.833. The van der Waals surface area contributed by atoms with Gasteiger partial charge in [-0.15, -0.1) is 0 Å². The van der Waals surface area contributed by atoms with Crippen LogP contribution in [0.25, 0.3) is 11.6 Å². The molecular weight excluding hydrogens is 559 g/mol. The molecule has 2 aromatic carbocycles. The summed E-state index contributed by atoms with van der Waals surface area (Å²) >= 11 is 0. The largest absolute Gasteiger partial charge is 0.482 e. The number of nitrogens with one attached hydrogen (secondary N) is 1. The number of nitrogens with zero attached hydrogens (tertiary/aromatic N) is 3. The van der Waals surface area contributed by atoms with Crippen molar-refractivity contribution in [2.45, 2.75) is 70.6 Å². The van der Waals surface area contributed by atoms with Crippen LogP contribution >= 0.6 is 0 Å². The first-order valence-electron chi connectivity index (χ1n) is 16.3. The monoisotopic (exact) mass is 600 g/mol. The molecule has 8 rings (SSSR count). The zero-order chi connectivity index (χ0) is 31.2. The molecule has 45 heavy (non-hydrogen) atoms. The third-order valence-corrected chi connectivity index (χ3v) is 11.0. The normalized spacial score (nSPS) is 27.5. The fourth-order valence-electron chi connectivity index (χ4n) is 8.32. The van der Waals surface area contributed by atoms with Gasteiger partial charge in [-0.05, 0) is 90.3 Å². The fraction of sp³-hybridized carbons (Fsp3) is 0.432. The highest BCUT2D eigenvalue weighted by Crippen LogP contribution is 2.65. The molecule has 0 unspecified atom stereocenters. The molecule has 0 spiro atoms. The van der Waals surface area contributed by atoms with Crippen molar-refractivity contribution in [1.82, 2.24) is 15.2 Å². The quantitative estimate of drug-likeness (QED) is 0.272. The van der Waals surface area contributed by atoms with E-state index in [1.165, 1.54) is 17.5 Å². The van der Waals surface area contributed by atoms with Gasteiger partial charge in [0.1, 0.15) is 6.07 Å². The van der Waals surface area contributed by atoms with Crippen molar-refractivity contribution in [1.29, 1.82) is 5.26 Å². The smallest absolute Gasteiger partial charge is 0.404 e. The molecule has 7 nitrogen and oxygen atoms in total. The molecular formula is C37H41BN4O3. The summed E-state index contributed by atoms with van der Waals surface area (Å²) < 4.78 is 13.4. The predicted octanol–water partition coefficient (Wildman–Crippen LogP) is 5.50. The summed E-state index contributed by atoms with van der Waals surface area (Å²) in [6.07, 6.45) is 7.38. The molecule has 8 heteroatoms. The molecule has 5 atom stereocenters. The molecule has 2 aliphatic heterocycles. The number of fused-ring (bicyclic) bond motifs is 1. The molecule has 1 aromatic heterocycles. The number of hydrogen-bond acceptors (Lipinski definition) is 6. The van der Waals surface area contributed by atoms with E-state index in [-0.39, 0.29) is 29.0 Å². The Kier molecular flexibility index (Phi) is 7.89. The minimum Gasteiger partial charge on any atom is -0.404 e. The topological polar surface area (TPSA) is 87.5 Å². The summed E-state index contributed by atoms with van der Waals surface area (Å²) in [6, 6.07) is 24.5. The summed E-state index contributed by atoms with van der Waals surface area (Å²) in [6.45, 7) is 8.75. The van der Waals surface area contributed by atoms with Gasteiger partial charge in [-0.3, -0.25) is 14.7 Å². The van der Waals surface area contributed by atoms with Gasteiger partial charge < -0.3 is 14.6 Å². The Bertz CT molecular complexity index is 1640. The number of amides is 1. The second-order valence-electron chi connectivity index (χ2n) is 14.1. The van der Waals surface area contributed by atoms with Crippen LogP contribution in [0, 0.1) is 28.6 Å². The first-order chi connectivity index (χ1) is 21.7. The van der Waals surface area contributed by atoms with Gasteiger partial charge in [0.2, 0.25) is 5.91 Å². The SMILES string of the molecule is CC1(C)[C@@H]2C[C@H]3OB([C@H](Cc4ccccc4)NC(=O)CN4CCc5ccc(/C=C(\C#N)c6ccccn6)cc5C4)O[C@@]3(C)[C@H]1C2. The van der Waals surface area contributed by atoms with Gasteiger partial charge in [-0.2, -0.15) is 5.26 Å². The Labute approximate surface area is 266 Å². The highest BCUT2D eigenvalue weighted by atomic mass is 16.7. The first kappa shape index (κ1) is 29.9. The average molecular weight is 601 g/mol. The highest BCUT2D eigenvalue weighted by molar-refractivity contribution is 6.48. The number of rotatable bonds is 8. The summed E-state index contributed by atoms with van der Waals surface area (Å²) in [5, 5.41) is 13.1. The van der Waals surface area contributed by atoms with E-state index in [4.69, 9.17) is 9.31 Å². The van der Waals surface area contributed by atoms with E-state index >= 15 is 0 Å². The van der Waals surface area contributed by atoms with Gasteiger partial charge >= 0.3 is 7.12 Å². The van der Waals surface area contributed by atoms with E-state index in [2.05, 4.69) is 72.4 Å². The summed E-state index contributed by atoms with van der Waals surface area (Å²) in [4.78, 5) is 20.2. The molecule has 3 aliphatic carbocycles. The van der Waals surface area contributed by atoms with Crippen molar-refractivity contribution in [3.8, 4) is 6.07 Å². The third-order valence-electron chi connectivity index (χ3n) is 11.0. The van der Waals surface area contributed by atoms with E-state index < -0.39 is 7.12 Å². The van der Waals surface area contributed by atoms with Crippen LogP contribution in [0.1, 0.15) is 61.6 Å². The molecule has 0 radical (unpaired) electrons. The first-order valence-corrected chi connectivity index (χ1v) is 16.3. The lowest BCUT2D eigenvalue weighted by atomic mass is 9.43. The zero-order valence-corrected chi connectivity index (χ0v) is 26.4. The maximum atomic E-state index is 13.6. The van der Waals surface area contributed by atoms with Crippen LogP contribution in [0.3, 0.4) is 0 Å². The van der Waals surface area contributed by atoms with Gasteiger partial charge in [0, 0.05) is 19.3 Å². The fourth-order valence-corrected chi connectivity index (χ4v) is 8.32. The molecule has 5 aliphatic rings. The van der Waals surface area contributed by atoms with Crippen LogP contribution in [0.4, 0.5) is 0 Å². The molecule has 1 saturated heterocycles. The lowest BCUT2D eigenvalue weighted by Crippen LogP contribution is -2.65. The van der Waals surface area contributed by atoms with E-state index in [9.17, 15) is 10.1 Å². The Hall–Kier alpha value is -3.77. The van der Waals surface area contributed by atoms with E-state index in [0.29, 0.717) is 42.6 Å². The molecule has 230 valence electrons. The molecule has 3 heterocycles. The number of carbonyl (C=O) groups excluding carboxylic acids is 1. The maximum absolute atomic E-state index is 13.6. The minimum absolute atomic E-state index is 0.0193. The minimum atomic E-state index is -0.482. The third kappa shape index (κ3) is 5.74. The van der Waals surface area contributed by atoms with Gasteiger partial charge in [-0.25, -0.2) is 0 Å². The number of carbonyl (C=O) groups is 1. The second kappa shape index (κ2) is 11.9. The van der Waals surface area contributed by atoms with Crippen molar-refractivity contribution in [2.24, 2.45) is 17.3 Å². The molecule has 2 bridgehead atoms. The van der Waals surface area contributed by atoms with Crippen molar-refractivity contribution in [2.75, 3.05) is 13.1 Å². The highest BCUT2D eigenvalue weighted by Gasteiger charge is 2.68. The van der Waals surface area contributed by atoms with Gasteiger partial charge in [-0.1, -0.05) is 68.4 Å². The Balaban J connectivity index is 1.04. The molecule has 1 N–H and O–H groups in total. The van der Waals surface area contributed by atoms with Crippen LogP contribution < -0.4 is 5.32 Å². The van der Waals surface area contributed by atoms with Crippen LogP contribution in [0.15, 0.2) is 72.9 Å². The lowest BCUT2D eigenvalue weighted by molar-refractivity contribution is -0.199. The van der Waals surface area contributed by atoms with E-state index in [0.717, 1.165) is 30.5 Å². The van der Waals surface area contributed by atoms with Crippen molar-refractivity contribution < 1.29 is 14.1 Å². The standard InChI is InChI=1S/C37H41BN4O3/c1-36(2)30-20-32(36)37(3)33(21-30)44-38(45-37)34(19-25-9-5-4-6-10-25)41-35(43)24-42-16-14-27-13-12-26(18-29(27)23-42)17-28(22-39)31-11-7-8-15-40-31/h4-13,15,17-18,30,32-34H,14,16,19-21,23-24H2,1-3H3,(H,41,43)/b28-17+/t30-,32-,33+,34-,37-/m0/s1. The number of pyridine rings is 1. The number of allylic oxidation sites excluding steroid dienone is 1. The van der Waals surface area contributed by atoms with E-state index in [1.807, 2.05) is 42.5 Å². The zero-order valence-electron chi connectivity index (χ0n) is 26.4. The van der Waals surface area contributed by atoms with Crippen LogP contribution in [-0.2, 0) is 33.5 Å². The average Bonchev–Trinajstić information content (AvgIpc) is 3.41. The van der Waals surface area contributed by atoms with Crippen LogP contribution in [0.2, 0.25) is 0 Å². The number of nitriles is 1. The van der Waals surface area contributed by atoms with Crippen LogP contribution in [-0.4, -0.2) is 53.6 Å². The van der Waals surface area contributed by atoms with Crippen molar-refractivity contribution in [3.63, 3.8) is 0 Å². The maximum Gasteiger partial charge on any atom is 0.482 e. The second-order valence-corrected chi connectivity index (χ2v) is 14.1. The van der Waals surface area contributed by atoms with E-state index in [1.54, 1.807) is 6.20 Å². The molecule has 4 fully saturated rings. The summed E-state index contributed by atoms with van der Waals surface area (Å²) in [7, 11) is -0.482. The Morgan fingerprint density at radius 2 is 1.96 bits per heavy atom. The number of benzene rings is 2. The summed E-state index contributed by atoms with van der Waals surface area (Å²) in [5.41, 5.74) is 5.69. The van der Waals surface area contributed by atoms with Crippen molar-refractivity contribution in [3.05, 3.63) is 101 Å². The predicted molar refractivity (Wildman–Crippen MR) is 175 cm³/mol. The number of aromatic nitrogens is 1. The van der Waals surface area contributed by atoms with Crippen LogP contribution in [0.5, 0.6) is 0 Å². The molecule has 1 amide bonds. The Morgan fingerprint density at radius 3 is 2.71 bits per heavy atom. The lowest BCUT2D eigenvalue weighted by Gasteiger charge is -2.64.